The largest absolute Gasteiger partial charge is 0.497 e. The van der Waals surface area contributed by atoms with Gasteiger partial charge in [-0.2, -0.15) is 0 Å². The van der Waals surface area contributed by atoms with Gasteiger partial charge in [-0.1, -0.05) is 36.4 Å². The number of benzene rings is 2. The molecule has 0 fully saturated rings. The maximum atomic E-state index is 13.1. The second kappa shape index (κ2) is 8.87. The number of nitrogens with one attached hydrogen (secondary N) is 1. The fourth-order valence-corrected chi connectivity index (χ4v) is 3.76. The van der Waals surface area contributed by atoms with Gasteiger partial charge in [0.15, 0.2) is 0 Å². The molecule has 0 aliphatic carbocycles. The first-order valence-electron chi connectivity index (χ1n) is 9.18. The third-order valence-corrected chi connectivity index (χ3v) is 5.48. The summed E-state index contributed by atoms with van der Waals surface area (Å²) in [5, 5.41) is 10.8. The smallest absolute Gasteiger partial charge is 0.277 e. The Morgan fingerprint density at radius 2 is 1.93 bits per heavy atom. The Labute approximate surface area is 177 Å². The molecule has 2 aromatic heterocycles. The van der Waals surface area contributed by atoms with Crippen LogP contribution in [0.5, 0.6) is 5.75 Å². The molecule has 0 radical (unpaired) electrons. The number of rotatable bonds is 7. The Kier molecular flexibility index (Phi) is 5.85. The third-order valence-electron chi connectivity index (χ3n) is 4.39. The summed E-state index contributed by atoms with van der Waals surface area (Å²) < 4.78 is 16.3. The van der Waals surface area contributed by atoms with Crippen LogP contribution in [0.1, 0.15) is 16.6 Å². The number of carbonyl (C=O) groups excluding carboxylic acids is 1. The van der Waals surface area contributed by atoms with Crippen LogP contribution in [0.25, 0.3) is 11.5 Å². The lowest BCUT2D eigenvalue weighted by Crippen LogP contribution is -2.19. The summed E-state index contributed by atoms with van der Waals surface area (Å²) >= 11 is 1.19. The van der Waals surface area contributed by atoms with E-state index in [1.807, 2.05) is 49.4 Å². The van der Waals surface area contributed by atoms with Gasteiger partial charge in [-0.15, -0.1) is 10.2 Å². The molecule has 2 aromatic carbocycles. The molecule has 4 aromatic rings. The number of aromatic nitrogens is 2. The number of ether oxygens (including phenoxy) is 1. The molecule has 0 bridgehead atoms. The van der Waals surface area contributed by atoms with Crippen LogP contribution in [-0.2, 0) is 4.79 Å². The van der Waals surface area contributed by atoms with Gasteiger partial charge in [0.1, 0.15) is 16.8 Å². The average Bonchev–Trinajstić information content (AvgIpc) is 3.41. The molecular weight excluding hydrogens is 402 g/mol. The molecular formula is C22H19N3O4S. The highest BCUT2D eigenvalue weighted by atomic mass is 32.2. The quantitative estimate of drug-likeness (QED) is 0.414. The van der Waals surface area contributed by atoms with Crippen LogP contribution in [0.15, 0.2) is 81.0 Å². The second-order valence-electron chi connectivity index (χ2n) is 6.39. The van der Waals surface area contributed by atoms with Gasteiger partial charge < -0.3 is 18.9 Å². The lowest BCUT2D eigenvalue weighted by Gasteiger charge is -2.15. The van der Waals surface area contributed by atoms with Crippen molar-refractivity contribution < 1.29 is 18.4 Å². The predicted molar refractivity (Wildman–Crippen MR) is 113 cm³/mol. The van der Waals surface area contributed by atoms with Crippen molar-refractivity contribution in [2.45, 2.75) is 17.4 Å². The van der Waals surface area contributed by atoms with E-state index in [1.165, 1.54) is 11.8 Å². The molecule has 1 atom stereocenters. The van der Waals surface area contributed by atoms with Gasteiger partial charge >= 0.3 is 0 Å². The molecule has 152 valence electrons. The summed E-state index contributed by atoms with van der Waals surface area (Å²) in [6.07, 6.45) is 1.57. The molecule has 0 aliphatic heterocycles. The van der Waals surface area contributed by atoms with Gasteiger partial charge in [0.2, 0.25) is 5.91 Å². The number of aryl methyl sites for hydroxylation is 1. The van der Waals surface area contributed by atoms with E-state index in [9.17, 15) is 4.79 Å². The Morgan fingerprint density at radius 1 is 1.10 bits per heavy atom. The summed E-state index contributed by atoms with van der Waals surface area (Å²) in [6, 6.07) is 18.4. The molecule has 2 heterocycles. The second-order valence-corrected chi connectivity index (χ2v) is 7.45. The van der Waals surface area contributed by atoms with Crippen LogP contribution in [-0.4, -0.2) is 23.2 Å². The van der Waals surface area contributed by atoms with Crippen LogP contribution in [0.4, 0.5) is 5.69 Å². The molecule has 0 aliphatic rings. The lowest BCUT2D eigenvalue weighted by atomic mass is 10.1. The van der Waals surface area contributed by atoms with Crippen molar-refractivity contribution in [2.24, 2.45) is 0 Å². The first-order valence-corrected chi connectivity index (χ1v) is 10.1. The van der Waals surface area contributed by atoms with Gasteiger partial charge in [0.25, 0.3) is 11.1 Å². The highest BCUT2D eigenvalue weighted by Crippen LogP contribution is 2.37. The summed E-state index contributed by atoms with van der Waals surface area (Å²) in [4.78, 5) is 13.1. The molecule has 0 saturated carbocycles. The number of amides is 1. The highest BCUT2D eigenvalue weighted by Gasteiger charge is 2.25. The minimum absolute atomic E-state index is 0.210. The normalized spacial score (nSPS) is 11.8. The van der Waals surface area contributed by atoms with E-state index in [2.05, 4.69) is 15.5 Å². The molecule has 1 N–H and O–H groups in total. The SMILES string of the molecule is COc1cccc(NC(=O)[C@H](Sc2nnc(-c3ccoc3C)o2)c2ccccc2)c1. The summed E-state index contributed by atoms with van der Waals surface area (Å²) in [6.45, 7) is 1.82. The number of carbonyl (C=O) groups is 1. The summed E-state index contributed by atoms with van der Waals surface area (Å²) in [7, 11) is 1.58. The lowest BCUT2D eigenvalue weighted by molar-refractivity contribution is -0.115. The van der Waals surface area contributed by atoms with Crippen LogP contribution in [0.3, 0.4) is 0 Å². The average molecular weight is 421 g/mol. The van der Waals surface area contributed by atoms with Crippen molar-refractivity contribution in [3.05, 3.63) is 78.3 Å². The van der Waals surface area contributed by atoms with Gasteiger partial charge in [0, 0.05) is 11.8 Å². The van der Waals surface area contributed by atoms with E-state index in [-0.39, 0.29) is 5.91 Å². The molecule has 8 heteroatoms. The molecule has 0 unspecified atom stereocenters. The maximum absolute atomic E-state index is 13.1. The van der Waals surface area contributed by atoms with Gasteiger partial charge in [-0.3, -0.25) is 4.79 Å². The van der Waals surface area contributed by atoms with Crippen LogP contribution in [0.2, 0.25) is 0 Å². The van der Waals surface area contributed by atoms with Crippen molar-refractivity contribution >= 4 is 23.4 Å². The molecule has 30 heavy (non-hydrogen) atoms. The number of thioether (sulfide) groups is 1. The Bertz CT molecular complexity index is 1140. The first-order chi connectivity index (χ1) is 14.6. The summed E-state index contributed by atoms with van der Waals surface area (Å²) in [5.74, 6) is 1.49. The van der Waals surface area contributed by atoms with Crippen molar-refractivity contribution in [3.63, 3.8) is 0 Å². The molecule has 1 amide bonds. The van der Waals surface area contributed by atoms with Crippen LogP contribution < -0.4 is 10.1 Å². The standard InChI is InChI=1S/C22H19N3O4S/c1-14-18(11-12-28-14)21-24-25-22(29-21)30-19(15-7-4-3-5-8-15)20(26)23-16-9-6-10-17(13-16)27-2/h3-13,19H,1-2H3,(H,23,26)/t19-/m1/s1. The van der Waals surface area contributed by atoms with Crippen molar-refractivity contribution in [3.8, 4) is 17.2 Å². The van der Waals surface area contributed by atoms with Gasteiger partial charge in [-0.05, 0) is 42.4 Å². The van der Waals surface area contributed by atoms with Crippen molar-refractivity contribution in [1.82, 2.24) is 10.2 Å². The number of hydrogen-bond donors (Lipinski definition) is 1. The van der Waals surface area contributed by atoms with E-state index in [0.717, 1.165) is 11.1 Å². The molecule has 4 rings (SSSR count). The Morgan fingerprint density at radius 3 is 2.67 bits per heavy atom. The van der Waals surface area contributed by atoms with E-state index in [4.69, 9.17) is 13.6 Å². The van der Waals surface area contributed by atoms with Crippen molar-refractivity contribution in [1.29, 1.82) is 0 Å². The number of hydrogen-bond acceptors (Lipinski definition) is 7. The zero-order valence-electron chi connectivity index (χ0n) is 16.4. The third kappa shape index (κ3) is 4.38. The van der Waals surface area contributed by atoms with E-state index in [1.54, 1.807) is 31.6 Å². The zero-order chi connectivity index (χ0) is 20.9. The predicted octanol–water partition coefficient (Wildman–Crippen LogP) is 5.12. The number of anilines is 1. The van der Waals surface area contributed by atoms with Crippen LogP contribution in [0, 0.1) is 6.92 Å². The molecule has 0 spiro atoms. The first kappa shape index (κ1) is 19.8. The number of furan rings is 1. The molecule has 7 nitrogen and oxygen atoms in total. The Hall–Kier alpha value is -3.52. The fraction of sp³-hybridized carbons (Fsp3) is 0.136. The minimum atomic E-state index is -0.587. The van der Waals surface area contributed by atoms with E-state index in [0.29, 0.717) is 28.3 Å². The van der Waals surface area contributed by atoms with Gasteiger partial charge in [-0.25, -0.2) is 0 Å². The highest BCUT2D eigenvalue weighted by molar-refractivity contribution is 8.00. The number of methoxy groups -OCH3 is 1. The van der Waals surface area contributed by atoms with Gasteiger partial charge in [0.05, 0.1) is 18.9 Å². The topological polar surface area (TPSA) is 90.4 Å². The minimum Gasteiger partial charge on any atom is -0.497 e. The summed E-state index contributed by atoms with van der Waals surface area (Å²) in [5.41, 5.74) is 2.19. The maximum Gasteiger partial charge on any atom is 0.277 e. The van der Waals surface area contributed by atoms with E-state index >= 15 is 0 Å². The Balaban J connectivity index is 1.58. The fourth-order valence-electron chi connectivity index (χ4n) is 2.88. The van der Waals surface area contributed by atoms with Crippen molar-refractivity contribution in [2.75, 3.05) is 12.4 Å². The number of nitrogens with zero attached hydrogens (tertiary/aromatic N) is 2. The monoisotopic (exact) mass is 421 g/mol. The van der Waals surface area contributed by atoms with E-state index < -0.39 is 5.25 Å². The van der Waals surface area contributed by atoms with Crippen LogP contribution >= 0.6 is 11.8 Å². The zero-order valence-corrected chi connectivity index (χ0v) is 17.2. The molecule has 0 saturated heterocycles.